The van der Waals surface area contributed by atoms with Crippen LogP contribution in [-0.4, -0.2) is 33.7 Å². The van der Waals surface area contributed by atoms with Gasteiger partial charge in [-0.1, -0.05) is 18.2 Å². The summed E-state index contributed by atoms with van der Waals surface area (Å²) in [4.78, 5) is 12.6. The first-order valence-electron chi connectivity index (χ1n) is 8.29. The highest BCUT2D eigenvalue weighted by atomic mass is 32.2. The average molecular weight is 394 g/mol. The summed E-state index contributed by atoms with van der Waals surface area (Å²) >= 11 is 0. The second-order valence-electron chi connectivity index (χ2n) is 6.25. The van der Waals surface area contributed by atoms with Gasteiger partial charge in [0, 0.05) is 6.54 Å². The zero-order valence-corrected chi connectivity index (χ0v) is 16.5. The number of nitrogens with one attached hydrogen (secondary N) is 1. The monoisotopic (exact) mass is 394 g/mol. The molecule has 0 aliphatic carbocycles. The van der Waals surface area contributed by atoms with Crippen LogP contribution in [0.25, 0.3) is 0 Å². The minimum Gasteiger partial charge on any atom is -0.495 e. The molecule has 146 valence electrons. The lowest BCUT2D eigenvalue weighted by Crippen LogP contribution is -2.47. The molecule has 0 aliphatic rings. The van der Waals surface area contributed by atoms with Gasteiger partial charge in [0.25, 0.3) is 0 Å². The van der Waals surface area contributed by atoms with Crippen LogP contribution in [-0.2, 0) is 21.4 Å². The molecule has 0 saturated heterocycles. The fraction of sp³-hybridized carbons (Fsp3) is 0.316. The van der Waals surface area contributed by atoms with Gasteiger partial charge in [0.05, 0.1) is 19.1 Å². The number of benzene rings is 2. The van der Waals surface area contributed by atoms with E-state index in [1.807, 2.05) is 6.92 Å². The average Bonchev–Trinajstić information content (AvgIpc) is 2.60. The number of anilines is 1. The normalized spacial score (nSPS) is 12.3. The summed E-state index contributed by atoms with van der Waals surface area (Å²) in [5.41, 5.74) is 1.83. The van der Waals surface area contributed by atoms with Crippen molar-refractivity contribution in [2.75, 3.05) is 17.7 Å². The number of rotatable bonds is 7. The third kappa shape index (κ3) is 5.19. The van der Waals surface area contributed by atoms with Crippen molar-refractivity contribution in [2.24, 2.45) is 0 Å². The Hall–Kier alpha value is -2.61. The molecule has 1 N–H and O–H groups in total. The first-order chi connectivity index (χ1) is 12.6. The summed E-state index contributed by atoms with van der Waals surface area (Å²) < 4.78 is 44.1. The van der Waals surface area contributed by atoms with Crippen molar-refractivity contribution in [1.82, 2.24) is 5.32 Å². The van der Waals surface area contributed by atoms with Crippen molar-refractivity contribution < 1.29 is 22.3 Å². The summed E-state index contributed by atoms with van der Waals surface area (Å²) in [6, 6.07) is 9.81. The molecule has 0 bridgehead atoms. The molecule has 8 heteroatoms. The lowest BCUT2D eigenvalue weighted by atomic mass is 10.1. The van der Waals surface area contributed by atoms with Gasteiger partial charge in [-0.05, 0) is 49.2 Å². The Morgan fingerprint density at radius 2 is 1.85 bits per heavy atom. The van der Waals surface area contributed by atoms with Gasteiger partial charge in [0.15, 0.2) is 0 Å². The third-order valence-electron chi connectivity index (χ3n) is 4.04. The van der Waals surface area contributed by atoms with Gasteiger partial charge in [-0.2, -0.15) is 0 Å². The number of ether oxygens (including phenoxy) is 1. The predicted molar refractivity (Wildman–Crippen MR) is 103 cm³/mol. The van der Waals surface area contributed by atoms with E-state index in [1.165, 1.54) is 26.2 Å². The number of hydrogen-bond acceptors (Lipinski definition) is 4. The molecule has 1 amide bonds. The maximum Gasteiger partial charge on any atom is 0.243 e. The predicted octanol–water partition coefficient (Wildman–Crippen LogP) is 2.61. The molecule has 0 unspecified atom stereocenters. The van der Waals surface area contributed by atoms with Crippen LogP contribution < -0.4 is 14.4 Å². The van der Waals surface area contributed by atoms with Crippen LogP contribution in [0.4, 0.5) is 10.1 Å². The van der Waals surface area contributed by atoms with Crippen molar-refractivity contribution in [3.8, 4) is 5.75 Å². The minimum absolute atomic E-state index is 0.159. The van der Waals surface area contributed by atoms with Crippen molar-refractivity contribution in [3.05, 3.63) is 59.4 Å². The zero-order valence-electron chi connectivity index (χ0n) is 15.7. The van der Waals surface area contributed by atoms with Gasteiger partial charge in [-0.3, -0.25) is 9.10 Å². The molecule has 1 atom stereocenters. The Labute approximate surface area is 159 Å². The number of halogens is 1. The maximum atomic E-state index is 13.0. The largest absolute Gasteiger partial charge is 0.495 e. The number of amides is 1. The standard InChI is InChI=1S/C19H23FN2O4S/c1-13-5-10-18(26-3)17(11-13)22(27(4,24)25)14(2)19(23)21-12-15-6-8-16(20)9-7-15/h5-11,14H,12H2,1-4H3,(H,21,23)/t14-/m0/s1. The molecule has 0 radical (unpaired) electrons. The molecule has 0 spiro atoms. The highest BCUT2D eigenvalue weighted by Crippen LogP contribution is 2.32. The topological polar surface area (TPSA) is 75.7 Å². The number of nitrogens with zero attached hydrogens (tertiary/aromatic N) is 1. The van der Waals surface area contributed by atoms with Crippen LogP contribution in [0, 0.1) is 12.7 Å². The minimum atomic E-state index is -3.76. The van der Waals surface area contributed by atoms with Crippen LogP contribution in [0.2, 0.25) is 0 Å². The van der Waals surface area contributed by atoms with E-state index in [0.717, 1.165) is 16.1 Å². The van der Waals surface area contributed by atoms with Crippen molar-refractivity contribution in [3.63, 3.8) is 0 Å². The lowest BCUT2D eigenvalue weighted by Gasteiger charge is -2.29. The summed E-state index contributed by atoms with van der Waals surface area (Å²) in [5.74, 6) is -0.495. The molecular formula is C19H23FN2O4S. The Morgan fingerprint density at radius 3 is 2.41 bits per heavy atom. The van der Waals surface area contributed by atoms with E-state index in [-0.39, 0.29) is 12.4 Å². The van der Waals surface area contributed by atoms with Crippen molar-refractivity contribution >= 4 is 21.6 Å². The van der Waals surface area contributed by atoms with Gasteiger partial charge in [-0.15, -0.1) is 0 Å². The Kier molecular flexibility index (Phi) is 6.43. The van der Waals surface area contributed by atoms with Crippen LogP contribution in [0.1, 0.15) is 18.1 Å². The van der Waals surface area contributed by atoms with Gasteiger partial charge >= 0.3 is 0 Å². The van der Waals surface area contributed by atoms with Gasteiger partial charge in [-0.25, -0.2) is 12.8 Å². The second-order valence-corrected chi connectivity index (χ2v) is 8.11. The van der Waals surface area contributed by atoms with Crippen LogP contribution in [0.15, 0.2) is 42.5 Å². The van der Waals surface area contributed by atoms with Crippen molar-refractivity contribution in [2.45, 2.75) is 26.4 Å². The molecule has 0 heterocycles. The van der Waals surface area contributed by atoms with E-state index in [2.05, 4.69) is 5.32 Å². The Bertz CT molecular complexity index is 914. The molecule has 2 aromatic rings. The molecule has 6 nitrogen and oxygen atoms in total. The molecule has 0 fully saturated rings. The number of aryl methyl sites for hydroxylation is 1. The number of carbonyl (C=O) groups is 1. The Morgan fingerprint density at radius 1 is 1.22 bits per heavy atom. The maximum absolute atomic E-state index is 13.0. The lowest BCUT2D eigenvalue weighted by molar-refractivity contribution is -0.122. The van der Waals surface area contributed by atoms with E-state index >= 15 is 0 Å². The van der Waals surface area contributed by atoms with Gasteiger partial charge in [0.1, 0.15) is 17.6 Å². The molecule has 0 aliphatic heterocycles. The quantitative estimate of drug-likeness (QED) is 0.783. The number of carbonyl (C=O) groups excluding carboxylic acids is 1. The SMILES string of the molecule is COc1ccc(C)cc1N([C@@H](C)C(=O)NCc1ccc(F)cc1)S(C)(=O)=O. The smallest absolute Gasteiger partial charge is 0.243 e. The van der Waals surface area contributed by atoms with Crippen LogP contribution in [0.3, 0.4) is 0 Å². The summed E-state index contributed by atoms with van der Waals surface area (Å²) in [6.45, 7) is 3.48. The third-order valence-corrected chi connectivity index (χ3v) is 5.27. The van der Waals surface area contributed by atoms with Gasteiger partial charge < -0.3 is 10.1 Å². The fourth-order valence-corrected chi connectivity index (χ4v) is 3.86. The fourth-order valence-electron chi connectivity index (χ4n) is 2.69. The first-order valence-corrected chi connectivity index (χ1v) is 10.1. The number of hydrogen-bond donors (Lipinski definition) is 1. The van der Waals surface area contributed by atoms with E-state index in [4.69, 9.17) is 4.74 Å². The molecule has 0 aromatic heterocycles. The second kappa shape index (κ2) is 8.39. The number of sulfonamides is 1. The van der Waals surface area contributed by atoms with Crippen LogP contribution >= 0.6 is 0 Å². The highest BCUT2D eigenvalue weighted by Gasteiger charge is 2.31. The Balaban J connectivity index is 2.27. The van der Waals surface area contributed by atoms with E-state index in [1.54, 1.807) is 30.3 Å². The molecule has 2 aromatic carbocycles. The van der Waals surface area contributed by atoms with Crippen molar-refractivity contribution in [1.29, 1.82) is 0 Å². The zero-order chi connectivity index (χ0) is 20.2. The molecule has 27 heavy (non-hydrogen) atoms. The summed E-state index contributed by atoms with van der Waals surface area (Å²) in [6.07, 6.45) is 1.04. The van der Waals surface area contributed by atoms with E-state index in [0.29, 0.717) is 17.0 Å². The van der Waals surface area contributed by atoms with Gasteiger partial charge in [0.2, 0.25) is 15.9 Å². The number of methoxy groups -OCH3 is 1. The highest BCUT2D eigenvalue weighted by molar-refractivity contribution is 7.92. The summed E-state index contributed by atoms with van der Waals surface area (Å²) in [5, 5.41) is 2.68. The molecular weight excluding hydrogens is 371 g/mol. The first kappa shape index (κ1) is 20.7. The molecule has 2 rings (SSSR count). The van der Waals surface area contributed by atoms with E-state index < -0.39 is 22.0 Å². The molecule has 0 saturated carbocycles. The van der Waals surface area contributed by atoms with Crippen LogP contribution in [0.5, 0.6) is 5.75 Å². The summed E-state index contributed by atoms with van der Waals surface area (Å²) in [7, 11) is -2.32. The van der Waals surface area contributed by atoms with E-state index in [9.17, 15) is 17.6 Å².